The van der Waals surface area contributed by atoms with E-state index in [0.29, 0.717) is 0 Å². The number of benzene rings is 2. The number of esters is 1. The van der Waals surface area contributed by atoms with Gasteiger partial charge in [0, 0.05) is 12.8 Å². The summed E-state index contributed by atoms with van der Waals surface area (Å²) in [6.07, 6.45) is 5.14. The van der Waals surface area contributed by atoms with Crippen LogP contribution in [0.2, 0.25) is 0 Å². The molecule has 2 aliphatic rings. The molecule has 2 aromatic carbocycles. The lowest BCUT2D eigenvalue weighted by molar-refractivity contribution is -0.151. The molecule has 1 fully saturated rings. The molecule has 4 rings (SSSR count). The summed E-state index contributed by atoms with van der Waals surface area (Å²) in [6.45, 7) is 1.01. The third kappa shape index (κ3) is 4.14. The summed E-state index contributed by atoms with van der Waals surface area (Å²) >= 11 is 0. The summed E-state index contributed by atoms with van der Waals surface area (Å²) in [7, 11) is 0. The standard InChI is InChI=1S/C24H24N2O3/c1-17(27)29-16-22(28)26-24(19-11-6-3-7-12-19)21-14-8-13-20(23(21)25-26)15-18-9-4-2-5-10-18/h2-7,9-12,15,21,24H,8,13-14,16H2,1H3/b20-15+/t21-,24-/m0/s1. The third-order valence-corrected chi connectivity index (χ3v) is 5.44. The molecular formula is C24H24N2O3. The van der Waals surface area contributed by atoms with Crippen molar-refractivity contribution in [3.05, 3.63) is 77.4 Å². The Balaban J connectivity index is 1.70. The van der Waals surface area contributed by atoms with Crippen molar-refractivity contribution < 1.29 is 14.3 Å². The maximum Gasteiger partial charge on any atom is 0.303 e. The van der Waals surface area contributed by atoms with Crippen LogP contribution in [0.1, 0.15) is 43.4 Å². The van der Waals surface area contributed by atoms with E-state index < -0.39 is 5.97 Å². The van der Waals surface area contributed by atoms with Gasteiger partial charge in [-0.05, 0) is 42.0 Å². The summed E-state index contributed by atoms with van der Waals surface area (Å²) in [5.74, 6) is -0.624. The molecule has 29 heavy (non-hydrogen) atoms. The van der Waals surface area contributed by atoms with Gasteiger partial charge in [0.05, 0.1) is 11.8 Å². The van der Waals surface area contributed by atoms with Crippen LogP contribution in [-0.4, -0.2) is 29.2 Å². The first-order valence-corrected chi connectivity index (χ1v) is 9.98. The number of hydrazone groups is 1. The molecule has 148 valence electrons. The molecule has 1 saturated carbocycles. The van der Waals surface area contributed by atoms with Gasteiger partial charge in [0.1, 0.15) is 0 Å². The Labute approximate surface area is 170 Å². The Morgan fingerprint density at radius 3 is 2.48 bits per heavy atom. The Bertz CT molecular complexity index is 951. The lowest BCUT2D eigenvalue weighted by atomic mass is 9.77. The second-order valence-electron chi connectivity index (χ2n) is 7.44. The minimum atomic E-state index is -0.469. The minimum absolute atomic E-state index is 0.141. The zero-order valence-corrected chi connectivity index (χ0v) is 16.5. The molecule has 5 heteroatoms. The van der Waals surface area contributed by atoms with Crippen LogP contribution in [0, 0.1) is 5.92 Å². The smallest absolute Gasteiger partial charge is 0.303 e. The monoisotopic (exact) mass is 388 g/mol. The predicted molar refractivity (Wildman–Crippen MR) is 112 cm³/mol. The van der Waals surface area contributed by atoms with Crippen LogP contribution < -0.4 is 0 Å². The van der Waals surface area contributed by atoms with Crippen molar-refractivity contribution in [2.45, 2.75) is 32.2 Å². The lowest BCUT2D eigenvalue weighted by Crippen LogP contribution is -2.34. The number of carbonyl (C=O) groups is 2. The van der Waals surface area contributed by atoms with Crippen LogP contribution >= 0.6 is 0 Å². The van der Waals surface area contributed by atoms with E-state index in [0.717, 1.165) is 36.1 Å². The molecule has 0 radical (unpaired) electrons. The van der Waals surface area contributed by atoms with E-state index in [1.165, 1.54) is 17.5 Å². The fraction of sp³-hybridized carbons (Fsp3) is 0.292. The number of hydrogen-bond acceptors (Lipinski definition) is 4. The van der Waals surface area contributed by atoms with Gasteiger partial charge < -0.3 is 4.74 Å². The van der Waals surface area contributed by atoms with E-state index in [1.54, 1.807) is 0 Å². The van der Waals surface area contributed by atoms with E-state index >= 15 is 0 Å². The van der Waals surface area contributed by atoms with Gasteiger partial charge in [0.2, 0.25) is 0 Å². The molecule has 1 amide bonds. The molecule has 1 heterocycles. The van der Waals surface area contributed by atoms with Gasteiger partial charge in [-0.1, -0.05) is 60.7 Å². The molecule has 0 aromatic heterocycles. The molecule has 0 unspecified atom stereocenters. The molecule has 0 N–H and O–H groups in total. The zero-order valence-electron chi connectivity index (χ0n) is 16.5. The fourth-order valence-electron chi connectivity index (χ4n) is 4.17. The first kappa shape index (κ1) is 19.1. The van der Waals surface area contributed by atoms with Crippen LogP contribution in [0.15, 0.2) is 71.3 Å². The number of ether oxygens (including phenoxy) is 1. The largest absolute Gasteiger partial charge is 0.456 e. The Morgan fingerprint density at radius 1 is 1.10 bits per heavy atom. The normalized spacial score (nSPS) is 22.2. The topological polar surface area (TPSA) is 59.0 Å². The highest BCUT2D eigenvalue weighted by molar-refractivity contribution is 6.08. The number of nitrogens with zero attached hydrogens (tertiary/aromatic N) is 2. The molecule has 2 aromatic rings. The molecular weight excluding hydrogens is 364 g/mol. The van der Waals surface area contributed by atoms with Crippen molar-refractivity contribution in [2.75, 3.05) is 6.61 Å². The average molecular weight is 388 g/mol. The van der Waals surface area contributed by atoms with Crippen molar-refractivity contribution in [3.63, 3.8) is 0 Å². The van der Waals surface area contributed by atoms with E-state index in [1.807, 2.05) is 48.5 Å². The highest BCUT2D eigenvalue weighted by Crippen LogP contribution is 2.44. The van der Waals surface area contributed by atoms with Crippen molar-refractivity contribution in [1.82, 2.24) is 5.01 Å². The van der Waals surface area contributed by atoms with Crippen molar-refractivity contribution in [3.8, 4) is 0 Å². The highest BCUT2D eigenvalue weighted by atomic mass is 16.5. The summed E-state index contributed by atoms with van der Waals surface area (Å²) < 4.78 is 4.96. The van der Waals surface area contributed by atoms with Crippen LogP contribution in [0.4, 0.5) is 0 Å². The van der Waals surface area contributed by atoms with Gasteiger partial charge in [-0.3, -0.25) is 9.59 Å². The third-order valence-electron chi connectivity index (χ3n) is 5.44. The summed E-state index contributed by atoms with van der Waals surface area (Å²) in [6, 6.07) is 20.0. The van der Waals surface area contributed by atoms with Crippen LogP contribution in [0.5, 0.6) is 0 Å². The van der Waals surface area contributed by atoms with Crippen molar-refractivity contribution >= 4 is 23.7 Å². The van der Waals surface area contributed by atoms with Crippen molar-refractivity contribution in [1.29, 1.82) is 0 Å². The first-order chi connectivity index (χ1) is 14.1. The van der Waals surface area contributed by atoms with E-state index in [4.69, 9.17) is 9.84 Å². The highest BCUT2D eigenvalue weighted by Gasteiger charge is 2.43. The predicted octanol–water partition coefficient (Wildman–Crippen LogP) is 4.37. The molecule has 5 nitrogen and oxygen atoms in total. The van der Waals surface area contributed by atoms with Gasteiger partial charge in [-0.2, -0.15) is 5.10 Å². The molecule has 0 saturated heterocycles. The van der Waals surface area contributed by atoms with Crippen LogP contribution in [-0.2, 0) is 14.3 Å². The second-order valence-corrected chi connectivity index (χ2v) is 7.44. The van der Waals surface area contributed by atoms with E-state index in [9.17, 15) is 9.59 Å². The van der Waals surface area contributed by atoms with Gasteiger partial charge in [0.25, 0.3) is 5.91 Å². The quantitative estimate of drug-likeness (QED) is 0.731. The second kappa shape index (κ2) is 8.43. The zero-order chi connectivity index (χ0) is 20.2. The van der Waals surface area contributed by atoms with Crippen LogP contribution in [0.25, 0.3) is 6.08 Å². The first-order valence-electron chi connectivity index (χ1n) is 9.98. The maximum absolute atomic E-state index is 12.9. The van der Waals surface area contributed by atoms with Gasteiger partial charge in [0.15, 0.2) is 6.61 Å². The summed E-state index contributed by atoms with van der Waals surface area (Å²) in [5, 5.41) is 6.29. The Kier molecular flexibility index (Phi) is 5.56. The maximum atomic E-state index is 12.9. The SMILES string of the molecule is CC(=O)OCC(=O)N1N=C2/C(=C/c3ccccc3)CCC[C@@H]2[C@@H]1c1ccccc1. The molecule has 0 bridgehead atoms. The van der Waals surface area contributed by atoms with Gasteiger partial charge in [-0.25, -0.2) is 5.01 Å². The Morgan fingerprint density at radius 2 is 1.79 bits per heavy atom. The molecule has 2 atom stereocenters. The molecule has 1 aliphatic carbocycles. The van der Waals surface area contributed by atoms with E-state index in [2.05, 4.69) is 18.2 Å². The van der Waals surface area contributed by atoms with Crippen LogP contribution in [0.3, 0.4) is 0 Å². The van der Waals surface area contributed by atoms with Gasteiger partial charge >= 0.3 is 5.97 Å². The van der Waals surface area contributed by atoms with Crippen molar-refractivity contribution in [2.24, 2.45) is 11.0 Å². The average Bonchev–Trinajstić information content (AvgIpc) is 3.14. The number of rotatable bonds is 4. The number of carbonyl (C=O) groups excluding carboxylic acids is 2. The number of fused-ring (bicyclic) bond motifs is 1. The molecule has 1 aliphatic heterocycles. The van der Waals surface area contributed by atoms with Gasteiger partial charge in [-0.15, -0.1) is 0 Å². The van der Waals surface area contributed by atoms with E-state index in [-0.39, 0.29) is 24.5 Å². The summed E-state index contributed by atoms with van der Waals surface area (Å²) in [5.41, 5.74) is 4.33. The number of allylic oxidation sites excluding steroid dienone is 1. The molecule has 0 spiro atoms. The number of amides is 1. The minimum Gasteiger partial charge on any atom is -0.456 e. The Hall–Kier alpha value is -3.21. The summed E-state index contributed by atoms with van der Waals surface area (Å²) in [4.78, 5) is 24.0. The lowest BCUT2D eigenvalue weighted by Gasteiger charge is -2.29. The number of hydrogen-bond donors (Lipinski definition) is 0. The fourth-order valence-corrected chi connectivity index (χ4v) is 4.17.